The molecule has 0 saturated carbocycles. The van der Waals surface area contributed by atoms with Gasteiger partial charge in [-0.05, 0) is 36.8 Å². The zero-order valence-corrected chi connectivity index (χ0v) is 13.9. The molecule has 1 aliphatic carbocycles. The number of imide groups is 1. The Kier molecular flexibility index (Phi) is 4.00. The summed E-state index contributed by atoms with van der Waals surface area (Å²) in [5.41, 5.74) is 1.83. The maximum Gasteiger partial charge on any atom is 0.327 e. The van der Waals surface area contributed by atoms with Gasteiger partial charge in [0.1, 0.15) is 6.54 Å². The fourth-order valence-corrected chi connectivity index (χ4v) is 3.65. The number of carbonyl (C=O) groups is 2. The van der Waals surface area contributed by atoms with Crippen molar-refractivity contribution in [2.75, 3.05) is 13.1 Å². The minimum atomic E-state index is -0.247. The Balaban J connectivity index is 1.95. The Labute approximate surface area is 135 Å². The van der Waals surface area contributed by atoms with Gasteiger partial charge in [0, 0.05) is 25.4 Å². The highest BCUT2D eigenvalue weighted by molar-refractivity contribution is 6.02. The van der Waals surface area contributed by atoms with Crippen molar-refractivity contribution in [2.24, 2.45) is 13.0 Å². The highest BCUT2D eigenvalue weighted by atomic mass is 16.2. The summed E-state index contributed by atoms with van der Waals surface area (Å²) in [4.78, 5) is 40.0. The molecule has 1 aromatic rings. The first-order valence-corrected chi connectivity index (χ1v) is 8.20. The first kappa shape index (κ1) is 15.8. The van der Waals surface area contributed by atoms with E-state index in [0.717, 1.165) is 30.5 Å². The van der Waals surface area contributed by atoms with Crippen molar-refractivity contribution in [1.29, 1.82) is 0 Å². The first-order chi connectivity index (χ1) is 10.9. The number of carbonyl (C=O) groups excluding carboxylic acids is 2. The average molecular weight is 317 g/mol. The zero-order chi connectivity index (χ0) is 16.7. The van der Waals surface area contributed by atoms with E-state index >= 15 is 0 Å². The van der Waals surface area contributed by atoms with E-state index in [9.17, 15) is 14.4 Å². The van der Waals surface area contributed by atoms with Gasteiger partial charge in [-0.25, -0.2) is 4.79 Å². The van der Waals surface area contributed by atoms with Crippen molar-refractivity contribution in [3.63, 3.8) is 0 Å². The van der Waals surface area contributed by atoms with Gasteiger partial charge in [-0.2, -0.15) is 0 Å². The van der Waals surface area contributed by atoms with Gasteiger partial charge >= 0.3 is 6.03 Å². The third-order valence-corrected chi connectivity index (χ3v) is 4.69. The van der Waals surface area contributed by atoms with Crippen LogP contribution in [-0.2, 0) is 18.3 Å². The number of hydrogen-bond donors (Lipinski definition) is 0. The topological polar surface area (TPSA) is 62.6 Å². The lowest BCUT2D eigenvalue weighted by atomic mass is 9.90. The van der Waals surface area contributed by atoms with Crippen LogP contribution in [0.15, 0.2) is 16.9 Å². The van der Waals surface area contributed by atoms with Crippen LogP contribution in [0.25, 0.3) is 0 Å². The molecule has 1 aromatic heterocycles. The van der Waals surface area contributed by atoms with E-state index in [1.165, 1.54) is 11.0 Å². The number of amides is 3. The van der Waals surface area contributed by atoms with Crippen LogP contribution < -0.4 is 5.56 Å². The maximum atomic E-state index is 12.7. The van der Waals surface area contributed by atoms with Crippen LogP contribution in [0.4, 0.5) is 4.79 Å². The van der Waals surface area contributed by atoms with Gasteiger partial charge in [0.15, 0.2) is 0 Å². The van der Waals surface area contributed by atoms with Crippen LogP contribution in [0.3, 0.4) is 0 Å². The molecule has 6 heteroatoms. The Hall–Kier alpha value is -2.11. The summed E-state index contributed by atoms with van der Waals surface area (Å²) in [6, 6.07) is 2.86. The van der Waals surface area contributed by atoms with E-state index in [-0.39, 0.29) is 30.1 Å². The van der Waals surface area contributed by atoms with Gasteiger partial charge in [-0.15, -0.1) is 0 Å². The molecule has 1 unspecified atom stereocenters. The fourth-order valence-electron chi connectivity index (χ4n) is 3.65. The van der Waals surface area contributed by atoms with Crippen molar-refractivity contribution in [3.05, 3.63) is 33.7 Å². The molecule has 0 N–H and O–H groups in total. The van der Waals surface area contributed by atoms with Crippen LogP contribution >= 0.6 is 0 Å². The first-order valence-electron chi connectivity index (χ1n) is 8.20. The monoisotopic (exact) mass is 317 g/mol. The Bertz CT molecular complexity index is 708. The van der Waals surface area contributed by atoms with E-state index in [1.807, 2.05) is 13.8 Å². The molecule has 124 valence electrons. The van der Waals surface area contributed by atoms with E-state index in [4.69, 9.17) is 0 Å². The summed E-state index contributed by atoms with van der Waals surface area (Å²) in [5.74, 6) is 0.188. The highest BCUT2D eigenvalue weighted by Crippen LogP contribution is 2.35. The van der Waals surface area contributed by atoms with Gasteiger partial charge in [-0.1, -0.05) is 13.8 Å². The van der Waals surface area contributed by atoms with Crippen LogP contribution in [0, 0.1) is 5.92 Å². The Morgan fingerprint density at radius 2 is 1.96 bits per heavy atom. The molecular formula is C17H23N3O3. The molecule has 6 nitrogen and oxygen atoms in total. The molecule has 3 amide bonds. The van der Waals surface area contributed by atoms with Crippen LogP contribution in [0.2, 0.25) is 0 Å². The molecule has 0 radical (unpaired) electrons. The van der Waals surface area contributed by atoms with E-state index in [2.05, 4.69) is 0 Å². The lowest BCUT2D eigenvalue weighted by Crippen LogP contribution is -2.39. The standard InChI is InChI=1S/C17H23N3O3/c1-11(2)9-19-10-16(22)20(17(19)23)14-6-4-5-13-12(14)7-8-15(21)18(13)3/h7-8,11,14H,4-6,9-10H2,1-3H3. The Morgan fingerprint density at radius 1 is 1.22 bits per heavy atom. The number of nitrogens with zero attached hydrogens (tertiary/aromatic N) is 3. The second kappa shape index (κ2) is 5.83. The highest BCUT2D eigenvalue weighted by Gasteiger charge is 2.42. The SMILES string of the molecule is CC(C)CN1CC(=O)N(C2CCCc3c2ccc(=O)n3C)C1=O. The number of fused-ring (bicyclic) bond motifs is 1. The van der Waals surface area contributed by atoms with Gasteiger partial charge in [0.25, 0.3) is 5.91 Å². The third-order valence-electron chi connectivity index (χ3n) is 4.69. The van der Waals surface area contributed by atoms with Gasteiger partial charge in [-0.3, -0.25) is 14.5 Å². The molecule has 0 spiro atoms. The lowest BCUT2D eigenvalue weighted by molar-refractivity contribution is -0.127. The molecule has 3 rings (SSSR count). The summed E-state index contributed by atoms with van der Waals surface area (Å²) >= 11 is 0. The molecule has 23 heavy (non-hydrogen) atoms. The molecule has 1 aliphatic heterocycles. The summed E-state index contributed by atoms with van der Waals surface area (Å²) in [6.45, 7) is 4.82. The van der Waals surface area contributed by atoms with Gasteiger partial charge in [0.2, 0.25) is 5.56 Å². The molecule has 1 fully saturated rings. The largest absolute Gasteiger partial charge is 0.327 e. The predicted molar refractivity (Wildman–Crippen MR) is 86.0 cm³/mol. The molecule has 2 aliphatic rings. The number of rotatable bonds is 3. The maximum absolute atomic E-state index is 12.7. The third kappa shape index (κ3) is 2.66. The van der Waals surface area contributed by atoms with Gasteiger partial charge in [0.05, 0.1) is 6.04 Å². The van der Waals surface area contributed by atoms with Crippen LogP contribution in [-0.4, -0.2) is 39.4 Å². The predicted octanol–water partition coefficient (Wildman–Crippen LogP) is 1.68. The van der Waals surface area contributed by atoms with E-state index in [1.54, 1.807) is 22.6 Å². The smallest absolute Gasteiger partial charge is 0.315 e. The summed E-state index contributed by atoms with van der Waals surface area (Å²) in [5, 5.41) is 0. The second-order valence-electron chi connectivity index (χ2n) is 6.86. The Morgan fingerprint density at radius 3 is 2.65 bits per heavy atom. The normalized spacial score (nSPS) is 21.3. The summed E-state index contributed by atoms with van der Waals surface area (Å²) in [7, 11) is 1.75. The number of aromatic nitrogens is 1. The van der Waals surface area contributed by atoms with E-state index in [0.29, 0.717) is 12.5 Å². The van der Waals surface area contributed by atoms with Crippen molar-refractivity contribution in [2.45, 2.75) is 39.2 Å². The fraction of sp³-hybridized carbons (Fsp3) is 0.588. The molecule has 1 atom stereocenters. The minimum Gasteiger partial charge on any atom is -0.315 e. The number of hydrogen-bond acceptors (Lipinski definition) is 3. The molecule has 0 bridgehead atoms. The molecule has 2 heterocycles. The van der Waals surface area contributed by atoms with Gasteiger partial charge < -0.3 is 9.47 Å². The van der Waals surface area contributed by atoms with Crippen molar-refractivity contribution >= 4 is 11.9 Å². The second-order valence-corrected chi connectivity index (χ2v) is 6.86. The van der Waals surface area contributed by atoms with Crippen LogP contribution in [0.5, 0.6) is 0 Å². The number of urea groups is 1. The molecule has 0 aromatic carbocycles. The summed E-state index contributed by atoms with van der Waals surface area (Å²) in [6.07, 6.45) is 2.44. The van der Waals surface area contributed by atoms with Crippen molar-refractivity contribution in [1.82, 2.24) is 14.4 Å². The number of pyridine rings is 1. The van der Waals surface area contributed by atoms with Crippen LogP contribution in [0.1, 0.15) is 44.0 Å². The minimum absolute atomic E-state index is 0.0510. The molecule has 1 saturated heterocycles. The molecular weight excluding hydrogens is 294 g/mol. The quantitative estimate of drug-likeness (QED) is 0.797. The lowest BCUT2D eigenvalue weighted by Gasteiger charge is -2.32. The van der Waals surface area contributed by atoms with E-state index < -0.39 is 0 Å². The van der Waals surface area contributed by atoms with Crippen molar-refractivity contribution in [3.8, 4) is 0 Å². The van der Waals surface area contributed by atoms with Crippen molar-refractivity contribution < 1.29 is 9.59 Å². The zero-order valence-electron chi connectivity index (χ0n) is 13.9. The summed E-state index contributed by atoms with van der Waals surface area (Å²) < 4.78 is 1.64. The average Bonchev–Trinajstić information content (AvgIpc) is 2.76.